The molecule has 27 heavy (non-hydrogen) atoms. The predicted molar refractivity (Wildman–Crippen MR) is 107 cm³/mol. The number of alkyl carbamates (subject to hydrolysis) is 1. The van der Waals surface area contributed by atoms with Gasteiger partial charge in [-0.1, -0.05) is 42.5 Å². The van der Waals surface area contributed by atoms with Crippen LogP contribution in [-0.2, 0) is 14.3 Å². The first-order valence-corrected chi connectivity index (χ1v) is 8.77. The minimum atomic E-state index is -0.904. The van der Waals surface area contributed by atoms with Gasteiger partial charge >= 0.3 is 6.09 Å². The number of carbonyl (C=O) groups excluding carboxylic acids is 2. The Balaban J connectivity index is 2.14. The van der Waals surface area contributed by atoms with Crippen LogP contribution in [-0.4, -0.2) is 36.9 Å². The Hall–Kier alpha value is -2.86. The van der Waals surface area contributed by atoms with Crippen LogP contribution in [0.5, 0.6) is 0 Å². The molecule has 2 amide bonds. The van der Waals surface area contributed by atoms with Crippen molar-refractivity contribution in [1.82, 2.24) is 5.32 Å². The van der Waals surface area contributed by atoms with E-state index in [4.69, 9.17) is 9.47 Å². The van der Waals surface area contributed by atoms with E-state index in [1.54, 1.807) is 26.8 Å². The van der Waals surface area contributed by atoms with Crippen molar-refractivity contribution in [3.63, 3.8) is 0 Å². The summed E-state index contributed by atoms with van der Waals surface area (Å²) < 4.78 is 10.6. The molecule has 144 valence electrons. The van der Waals surface area contributed by atoms with E-state index in [1.807, 2.05) is 42.5 Å². The zero-order valence-corrected chi connectivity index (χ0v) is 16.0. The third kappa shape index (κ3) is 6.42. The third-order valence-corrected chi connectivity index (χ3v) is 3.58. The number of carbonyl (C=O) groups is 2. The number of rotatable bonds is 7. The first-order chi connectivity index (χ1) is 12.8. The molecule has 0 unspecified atom stereocenters. The van der Waals surface area contributed by atoms with Gasteiger partial charge in [0.25, 0.3) is 0 Å². The number of fused-ring (bicyclic) bond motifs is 1. The standard InChI is InChI=1S/C21H26N2O4/c1-5-13-26-14-18(23-20(25)27-21(2,3)4)19(24)22-17-12-8-10-15-9-6-7-11-16(15)17/h5-12,18H,1,13-14H2,2-4H3,(H,22,24)(H,23,25)/t18-/m0/s1. The van der Waals surface area contributed by atoms with Gasteiger partial charge in [-0.2, -0.15) is 0 Å². The van der Waals surface area contributed by atoms with Crippen LogP contribution in [0.3, 0.4) is 0 Å². The van der Waals surface area contributed by atoms with Crippen LogP contribution in [0.2, 0.25) is 0 Å². The highest BCUT2D eigenvalue weighted by Gasteiger charge is 2.25. The lowest BCUT2D eigenvalue weighted by atomic mass is 10.1. The molecule has 6 nitrogen and oxygen atoms in total. The number of nitrogens with one attached hydrogen (secondary N) is 2. The van der Waals surface area contributed by atoms with Gasteiger partial charge in [-0.25, -0.2) is 4.79 Å². The fourth-order valence-electron chi connectivity index (χ4n) is 2.46. The van der Waals surface area contributed by atoms with Gasteiger partial charge < -0.3 is 20.1 Å². The first-order valence-electron chi connectivity index (χ1n) is 8.77. The number of hydrogen-bond acceptors (Lipinski definition) is 4. The number of benzene rings is 2. The molecule has 2 N–H and O–H groups in total. The summed E-state index contributed by atoms with van der Waals surface area (Å²) in [4.78, 5) is 24.8. The van der Waals surface area contributed by atoms with Gasteiger partial charge in [0.05, 0.1) is 13.2 Å². The zero-order chi connectivity index (χ0) is 19.9. The van der Waals surface area contributed by atoms with E-state index in [1.165, 1.54) is 0 Å². The number of ether oxygens (including phenoxy) is 2. The van der Waals surface area contributed by atoms with Gasteiger partial charge in [0.15, 0.2) is 0 Å². The van der Waals surface area contributed by atoms with Gasteiger partial charge in [0.2, 0.25) is 5.91 Å². The Labute approximate surface area is 159 Å². The van der Waals surface area contributed by atoms with Crippen LogP contribution >= 0.6 is 0 Å². The highest BCUT2D eigenvalue weighted by atomic mass is 16.6. The van der Waals surface area contributed by atoms with Crippen LogP contribution in [0.4, 0.5) is 10.5 Å². The van der Waals surface area contributed by atoms with Crippen LogP contribution in [0.15, 0.2) is 55.1 Å². The molecule has 0 bridgehead atoms. The second kappa shape index (κ2) is 9.19. The van der Waals surface area contributed by atoms with E-state index in [0.29, 0.717) is 5.69 Å². The quantitative estimate of drug-likeness (QED) is 0.573. The van der Waals surface area contributed by atoms with Gasteiger partial charge in [-0.3, -0.25) is 4.79 Å². The van der Waals surface area contributed by atoms with Crippen molar-refractivity contribution in [3.05, 3.63) is 55.1 Å². The first kappa shape index (κ1) is 20.5. The fourth-order valence-corrected chi connectivity index (χ4v) is 2.46. The summed E-state index contributed by atoms with van der Waals surface area (Å²) in [5.74, 6) is -0.388. The average Bonchev–Trinajstić information content (AvgIpc) is 2.60. The van der Waals surface area contributed by atoms with Crippen molar-refractivity contribution < 1.29 is 19.1 Å². The predicted octanol–water partition coefficient (Wildman–Crippen LogP) is 3.87. The molecule has 0 fully saturated rings. The number of amides is 2. The van der Waals surface area contributed by atoms with Crippen LogP contribution < -0.4 is 10.6 Å². The molecule has 0 aliphatic heterocycles. The van der Waals surface area contributed by atoms with E-state index in [0.717, 1.165) is 10.8 Å². The molecule has 0 saturated carbocycles. The summed E-state index contributed by atoms with van der Waals surface area (Å²) in [7, 11) is 0. The molecule has 0 saturated heterocycles. The van der Waals surface area contributed by atoms with Gasteiger partial charge in [-0.05, 0) is 32.2 Å². The van der Waals surface area contributed by atoms with E-state index in [9.17, 15) is 9.59 Å². The summed E-state index contributed by atoms with van der Waals surface area (Å²) in [5, 5.41) is 7.36. The molecular formula is C21H26N2O4. The molecule has 2 aromatic rings. The Morgan fingerprint density at radius 1 is 1.15 bits per heavy atom. The van der Waals surface area contributed by atoms with Crippen LogP contribution in [0, 0.1) is 0 Å². The fraction of sp³-hybridized carbons (Fsp3) is 0.333. The molecule has 0 heterocycles. The molecule has 0 aliphatic rings. The van der Waals surface area contributed by atoms with E-state index in [-0.39, 0.29) is 19.1 Å². The van der Waals surface area contributed by atoms with E-state index >= 15 is 0 Å². The van der Waals surface area contributed by atoms with Crippen molar-refractivity contribution in [2.24, 2.45) is 0 Å². The SMILES string of the molecule is C=CCOC[C@H](NC(=O)OC(C)(C)C)C(=O)Nc1cccc2ccccc12. The molecule has 0 aromatic heterocycles. The number of hydrogen-bond donors (Lipinski definition) is 2. The minimum absolute atomic E-state index is 0.00185. The monoisotopic (exact) mass is 370 g/mol. The van der Waals surface area contributed by atoms with Crippen LogP contribution in [0.1, 0.15) is 20.8 Å². The minimum Gasteiger partial charge on any atom is -0.444 e. The highest BCUT2D eigenvalue weighted by molar-refractivity contribution is 6.04. The Morgan fingerprint density at radius 2 is 1.85 bits per heavy atom. The second-order valence-corrected chi connectivity index (χ2v) is 7.04. The Morgan fingerprint density at radius 3 is 2.56 bits per heavy atom. The zero-order valence-electron chi connectivity index (χ0n) is 16.0. The topological polar surface area (TPSA) is 76.7 Å². The lowest BCUT2D eigenvalue weighted by Crippen LogP contribution is -2.48. The Kier molecular flexibility index (Phi) is 6.96. The van der Waals surface area contributed by atoms with Crippen molar-refractivity contribution in [2.45, 2.75) is 32.4 Å². The maximum atomic E-state index is 12.8. The van der Waals surface area contributed by atoms with Crippen molar-refractivity contribution in [3.8, 4) is 0 Å². The highest BCUT2D eigenvalue weighted by Crippen LogP contribution is 2.23. The maximum Gasteiger partial charge on any atom is 0.408 e. The normalized spacial score (nSPS) is 12.3. The summed E-state index contributed by atoms with van der Waals surface area (Å²) in [5.41, 5.74) is 0.000665. The molecular weight excluding hydrogens is 344 g/mol. The lowest BCUT2D eigenvalue weighted by Gasteiger charge is -2.23. The summed E-state index contributed by atoms with van der Waals surface area (Å²) in [6.07, 6.45) is 0.899. The van der Waals surface area contributed by atoms with Crippen LogP contribution in [0.25, 0.3) is 10.8 Å². The maximum absolute atomic E-state index is 12.8. The van der Waals surface area contributed by atoms with Gasteiger partial charge in [0.1, 0.15) is 11.6 Å². The average molecular weight is 370 g/mol. The van der Waals surface area contributed by atoms with E-state index < -0.39 is 17.7 Å². The third-order valence-electron chi connectivity index (χ3n) is 3.58. The molecule has 2 rings (SSSR count). The van der Waals surface area contributed by atoms with Crippen molar-refractivity contribution in [1.29, 1.82) is 0 Å². The molecule has 1 atom stereocenters. The Bertz CT molecular complexity index is 806. The smallest absolute Gasteiger partial charge is 0.408 e. The summed E-state index contributed by atoms with van der Waals surface area (Å²) in [6, 6.07) is 12.5. The molecule has 0 aliphatic carbocycles. The number of anilines is 1. The molecule has 0 spiro atoms. The summed E-state index contributed by atoms with van der Waals surface area (Å²) >= 11 is 0. The molecule has 2 aromatic carbocycles. The van der Waals surface area contributed by atoms with Crippen molar-refractivity contribution in [2.75, 3.05) is 18.5 Å². The summed E-state index contributed by atoms with van der Waals surface area (Å²) in [6.45, 7) is 9.12. The second-order valence-electron chi connectivity index (χ2n) is 7.04. The molecule has 0 radical (unpaired) electrons. The molecule has 6 heteroatoms. The van der Waals surface area contributed by atoms with E-state index in [2.05, 4.69) is 17.2 Å². The largest absolute Gasteiger partial charge is 0.444 e. The van der Waals surface area contributed by atoms with Gasteiger partial charge in [0, 0.05) is 11.1 Å². The van der Waals surface area contributed by atoms with Crippen molar-refractivity contribution >= 4 is 28.5 Å². The van der Waals surface area contributed by atoms with Gasteiger partial charge in [-0.15, -0.1) is 6.58 Å². The lowest BCUT2D eigenvalue weighted by molar-refractivity contribution is -0.119.